The molecule has 0 saturated heterocycles. The standard InChI is InChI=1S/C17H21N3O2S/c1-11(2)16(22)20-17-19-14(10-23-17)8-15(21)18-9-13-6-4-5-12(3)7-13/h4-7,10-11H,8-9H2,1-3H3,(H,18,21)(H,19,20,22). The number of hydrogen-bond donors (Lipinski definition) is 2. The monoisotopic (exact) mass is 331 g/mol. The molecule has 2 aromatic rings. The van der Waals surface area contributed by atoms with Gasteiger partial charge in [0.05, 0.1) is 12.1 Å². The average Bonchev–Trinajstić information content (AvgIpc) is 2.92. The molecule has 1 aromatic heterocycles. The van der Waals surface area contributed by atoms with Crippen LogP contribution in [0.2, 0.25) is 0 Å². The summed E-state index contributed by atoms with van der Waals surface area (Å²) >= 11 is 1.33. The largest absolute Gasteiger partial charge is 0.352 e. The van der Waals surface area contributed by atoms with E-state index in [1.54, 1.807) is 5.38 Å². The van der Waals surface area contributed by atoms with Crippen LogP contribution in [0.1, 0.15) is 30.7 Å². The molecule has 0 spiro atoms. The average molecular weight is 331 g/mol. The molecule has 6 heteroatoms. The number of aromatic nitrogens is 1. The van der Waals surface area contributed by atoms with Crippen LogP contribution in [0, 0.1) is 12.8 Å². The number of amides is 2. The molecular formula is C17H21N3O2S. The number of carbonyl (C=O) groups is 2. The van der Waals surface area contributed by atoms with Crippen molar-refractivity contribution in [2.24, 2.45) is 5.92 Å². The van der Waals surface area contributed by atoms with Gasteiger partial charge in [0.2, 0.25) is 11.8 Å². The number of rotatable bonds is 6. The van der Waals surface area contributed by atoms with Crippen molar-refractivity contribution in [2.45, 2.75) is 33.7 Å². The van der Waals surface area contributed by atoms with E-state index in [2.05, 4.69) is 15.6 Å². The van der Waals surface area contributed by atoms with Gasteiger partial charge in [0, 0.05) is 17.8 Å². The first-order chi connectivity index (χ1) is 10.9. The molecule has 0 unspecified atom stereocenters. The Morgan fingerprint density at radius 3 is 2.78 bits per heavy atom. The zero-order valence-corrected chi connectivity index (χ0v) is 14.4. The third-order valence-corrected chi connectivity index (χ3v) is 4.03. The Morgan fingerprint density at radius 2 is 2.09 bits per heavy atom. The summed E-state index contributed by atoms with van der Waals surface area (Å²) in [4.78, 5) is 27.9. The van der Waals surface area contributed by atoms with Crippen LogP contribution in [-0.4, -0.2) is 16.8 Å². The Balaban J connectivity index is 1.83. The van der Waals surface area contributed by atoms with Gasteiger partial charge in [-0.2, -0.15) is 0 Å². The number of nitrogens with zero attached hydrogens (tertiary/aromatic N) is 1. The van der Waals surface area contributed by atoms with Crippen LogP contribution < -0.4 is 10.6 Å². The molecule has 0 saturated carbocycles. The number of thiazole rings is 1. The molecular weight excluding hydrogens is 310 g/mol. The first kappa shape index (κ1) is 17.1. The zero-order chi connectivity index (χ0) is 16.8. The van der Waals surface area contributed by atoms with Crippen molar-refractivity contribution in [3.63, 3.8) is 0 Å². The van der Waals surface area contributed by atoms with E-state index in [0.29, 0.717) is 17.4 Å². The van der Waals surface area contributed by atoms with Gasteiger partial charge in [-0.25, -0.2) is 4.98 Å². The molecule has 23 heavy (non-hydrogen) atoms. The van der Waals surface area contributed by atoms with Crippen molar-refractivity contribution < 1.29 is 9.59 Å². The lowest BCUT2D eigenvalue weighted by atomic mass is 10.1. The smallest absolute Gasteiger partial charge is 0.228 e. The second-order valence-corrected chi connectivity index (χ2v) is 6.59. The van der Waals surface area contributed by atoms with E-state index in [9.17, 15) is 9.59 Å². The Kier molecular flexibility index (Phi) is 5.87. The highest BCUT2D eigenvalue weighted by Crippen LogP contribution is 2.16. The minimum atomic E-state index is -0.0972. The lowest BCUT2D eigenvalue weighted by Gasteiger charge is -2.05. The van der Waals surface area contributed by atoms with E-state index in [1.165, 1.54) is 16.9 Å². The maximum Gasteiger partial charge on any atom is 0.228 e. The number of nitrogens with one attached hydrogen (secondary N) is 2. The van der Waals surface area contributed by atoms with Crippen LogP contribution in [0.3, 0.4) is 0 Å². The van der Waals surface area contributed by atoms with Crippen molar-refractivity contribution >= 4 is 28.3 Å². The first-order valence-corrected chi connectivity index (χ1v) is 8.39. The van der Waals surface area contributed by atoms with Crippen molar-refractivity contribution in [3.05, 3.63) is 46.5 Å². The van der Waals surface area contributed by atoms with E-state index >= 15 is 0 Å². The second-order valence-electron chi connectivity index (χ2n) is 5.73. The fourth-order valence-corrected chi connectivity index (χ4v) is 2.66. The second kappa shape index (κ2) is 7.87. The third kappa shape index (κ3) is 5.49. The van der Waals surface area contributed by atoms with Gasteiger partial charge in [-0.15, -0.1) is 11.3 Å². The minimum absolute atomic E-state index is 0.0743. The topological polar surface area (TPSA) is 71.1 Å². The number of anilines is 1. The van der Waals surface area contributed by atoms with E-state index in [4.69, 9.17) is 0 Å². The van der Waals surface area contributed by atoms with Gasteiger partial charge in [-0.3, -0.25) is 9.59 Å². The predicted octanol–water partition coefficient (Wildman–Crippen LogP) is 2.90. The van der Waals surface area contributed by atoms with Crippen molar-refractivity contribution in [1.82, 2.24) is 10.3 Å². The number of benzene rings is 1. The molecule has 0 aliphatic carbocycles. The third-order valence-electron chi connectivity index (χ3n) is 3.22. The SMILES string of the molecule is Cc1cccc(CNC(=O)Cc2csc(NC(=O)C(C)C)n2)c1. The highest BCUT2D eigenvalue weighted by Gasteiger charge is 2.11. The van der Waals surface area contributed by atoms with E-state index in [-0.39, 0.29) is 24.2 Å². The Bertz CT molecular complexity index is 695. The normalized spacial score (nSPS) is 10.6. The van der Waals surface area contributed by atoms with Crippen molar-refractivity contribution in [1.29, 1.82) is 0 Å². The maximum atomic E-state index is 12.0. The van der Waals surface area contributed by atoms with Crippen LogP contribution in [0.25, 0.3) is 0 Å². The van der Waals surface area contributed by atoms with E-state index in [0.717, 1.165) is 5.56 Å². The summed E-state index contributed by atoms with van der Waals surface area (Å²) in [6.45, 7) is 6.17. The molecule has 2 N–H and O–H groups in total. The highest BCUT2D eigenvalue weighted by atomic mass is 32.1. The fourth-order valence-electron chi connectivity index (χ4n) is 1.95. The molecule has 0 aliphatic rings. The molecule has 2 rings (SSSR count). The molecule has 0 radical (unpaired) electrons. The summed E-state index contributed by atoms with van der Waals surface area (Å²) in [5.74, 6) is -0.256. The number of carbonyl (C=O) groups excluding carboxylic acids is 2. The fraction of sp³-hybridized carbons (Fsp3) is 0.353. The van der Waals surface area contributed by atoms with Crippen molar-refractivity contribution in [2.75, 3.05) is 5.32 Å². The summed E-state index contributed by atoms with van der Waals surface area (Å²) < 4.78 is 0. The van der Waals surface area contributed by atoms with Crippen LogP contribution in [0.4, 0.5) is 5.13 Å². The summed E-state index contributed by atoms with van der Waals surface area (Å²) in [6, 6.07) is 8.02. The summed E-state index contributed by atoms with van der Waals surface area (Å²) in [7, 11) is 0. The molecule has 0 fully saturated rings. The molecule has 5 nitrogen and oxygen atoms in total. The van der Waals surface area contributed by atoms with Crippen LogP contribution in [0.5, 0.6) is 0 Å². The molecule has 0 aliphatic heterocycles. The molecule has 2 amide bonds. The van der Waals surface area contributed by atoms with Crippen LogP contribution >= 0.6 is 11.3 Å². The van der Waals surface area contributed by atoms with Crippen LogP contribution in [-0.2, 0) is 22.6 Å². The molecule has 0 atom stereocenters. The van der Waals surface area contributed by atoms with E-state index in [1.807, 2.05) is 45.0 Å². The molecule has 1 heterocycles. The van der Waals surface area contributed by atoms with Gasteiger partial charge in [0.15, 0.2) is 5.13 Å². The molecule has 1 aromatic carbocycles. The van der Waals surface area contributed by atoms with Gasteiger partial charge in [0.25, 0.3) is 0 Å². The van der Waals surface area contributed by atoms with E-state index < -0.39 is 0 Å². The van der Waals surface area contributed by atoms with Gasteiger partial charge >= 0.3 is 0 Å². The Morgan fingerprint density at radius 1 is 1.30 bits per heavy atom. The number of hydrogen-bond acceptors (Lipinski definition) is 4. The van der Waals surface area contributed by atoms with Gasteiger partial charge in [-0.05, 0) is 12.5 Å². The summed E-state index contributed by atoms with van der Waals surface area (Å²) in [6.07, 6.45) is 0.208. The zero-order valence-electron chi connectivity index (χ0n) is 13.6. The predicted molar refractivity (Wildman–Crippen MR) is 92.3 cm³/mol. The Labute approximate surface area is 140 Å². The first-order valence-electron chi connectivity index (χ1n) is 7.51. The lowest BCUT2D eigenvalue weighted by Crippen LogP contribution is -2.24. The van der Waals surface area contributed by atoms with Gasteiger partial charge in [-0.1, -0.05) is 43.7 Å². The Hall–Kier alpha value is -2.21. The molecule has 122 valence electrons. The van der Waals surface area contributed by atoms with Gasteiger partial charge < -0.3 is 10.6 Å². The summed E-state index contributed by atoms with van der Waals surface area (Å²) in [5, 5.41) is 7.94. The number of aryl methyl sites for hydroxylation is 1. The molecule has 0 bridgehead atoms. The van der Waals surface area contributed by atoms with Crippen molar-refractivity contribution in [3.8, 4) is 0 Å². The highest BCUT2D eigenvalue weighted by molar-refractivity contribution is 7.13. The lowest BCUT2D eigenvalue weighted by molar-refractivity contribution is -0.120. The maximum absolute atomic E-state index is 12.0. The quantitative estimate of drug-likeness (QED) is 0.855. The van der Waals surface area contributed by atoms with Crippen LogP contribution in [0.15, 0.2) is 29.6 Å². The van der Waals surface area contributed by atoms with Gasteiger partial charge in [0.1, 0.15) is 0 Å². The summed E-state index contributed by atoms with van der Waals surface area (Å²) in [5.41, 5.74) is 2.90. The minimum Gasteiger partial charge on any atom is -0.352 e.